The third-order valence-electron chi connectivity index (χ3n) is 3.43. The summed E-state index contributed by atoms with van der Waals surface area (Å²) in [4.78, 5) is 9.47. The van der Waals surface area contributed by atoms with Gasteiger partial charge in [0.15, 0.2) is 0 Å². The number of hydrogen-bond acceptors (Lipinski definition) is 2. The molecule has 0 aliphatic carbocycles. The Kier molecular flexibility index (Phi) is 12.0. The maximum Gasteiger partial charge on any atom is 0.330 e. The molecule has 0 rings (SSSR count). The fraction of sp³-hybridized carbons (Fsp3) is 1.00. The molecular formula is C15H33O3P. The fourth-order valence-electron chi connectivity index (χ4n) is 1.93. The molecule has 116 valence electrons. The molecule has 0 bridgehead atoms. The van der Waals surface area contributed by atoms with Gasteiger partial charge in [0.25, 0.3) is 0 Å². The molecule has 1 atom stereocenters. The molecule has 3 nitrogen and oxygen atoms in total. The van der Waals surface area contributed by atoms with Crippen LogP contribution in [0.4, 0.5) is 0 Å². The Morgan fingerprint density at radius 2 is 1.32 bits per heavy atom. The minimum Gasteiger partial charge on any atom is -0.324 e. The monoisotopic (exact) mass is 292 g/mol. The third kappa shape index (κ3) is 11.7. The highest BCUT2D eigenvalue weighted by Gasteiger charge is 2.23. The summed E-state index contributed by atoms with van der Waals surface area (Å²) < 4.78 is 16.6. The first kappa shape index (κ1) is 19.1. The first-order chi connectivity index (χ1) is 9.00. The molecule has 4 heteroatoms. The fourth-order valence-corrected chi connectivity index (χ4v) is 2.62. The molecule has 0 amide bonds. The third-order valence-corrected chi connectivity index (χ3v) is 5.28. The lowest BCUT2D eigenvalue weighted by atomic mass is 10.1. The van der Waals surface area contributed by atoms with E-state index >= 15 is 0 Å². The van der Waals surface area contributed by atoms with Gasteiger partial charge in [-0.15, -0.1) is 0 Å². The van der Waals surface area contributed by atoms with E-state index in [1.54, 1.807) is 13.8 Å². The highest BCUT2D eigenvalue weighted by atomic mass is 31.2. The van der Waals surface area contributed by atoms with Gasteiger partial charge in [-0.1, -0.05) is 78.6 Å². The van der Waals surface area contributed by atoms with Crippen LogP contribution in [0.25, 0.3) is 0 Å². The summed E-state index contributed by atoms with van der Waals surface area (Å²) in [5.74, 6) is 0. The topological polar surface area (TPSA) is 46.5 Å². The van der Waals surface area contributed by atoms with Crippen LogP contribution >= 0.6 is 7.60 Å². The van der Waals surface area contributed by atoms with Gasteiger partial charge >= 0.3 is 7.60 Å². The minimum atomic E-state index is -3.34. The Morgan fingerprint density at radius 3 is 1.74 bits per heavy atom. The second kappa shape index (κ2) is 11.9. The predicted molar refractivity (Wildman–Crippen MR) is 82.8 cm³/mol. The minimum absolute atomic E-state index is 0.296. The smallest absolute Gasteiger partial charge is 0.324 e. The number of rotatable bonds is 13. The largest absolute Gasteiger partial charge is 0.330 e. The average molecular weight is 292 g/mol. The summed E-state index contributed by atoms with van der Waals surface area (Å²) in [7, 11) is -3.34. The number of hydrogen-bond donors (Lipinski definition) is 1. The first-order valence-corrected chi connectivity index (χ1v) is 9.62. The van der Waals surface area contributed by atoms with Gasteiger partial charge in [-0.05, 0) is 6.42 Å². The van der Waals surface area contributed by atoms with Gasteiger partial charge < -0.3 is 9.42 Å². The van der Waals surface area contributed by atoms with Crippen LogP contribution in [0.2, 0.25) is 0 Å². The second-order valence-corrected chi connectivity index (χ2v) is 8.09. The second-order valence-electron chi connectivity index (χ2n) is 5.67. The average Bonchev–Trinajstić information content (AvgIpc) is 2.35. The van der Waals surface area contributed by atoms with Crippen molar-refractivity contribution >= 4 is 7.60 Å². The van der Waals surface area contributed by atoms with Gasteiger partial charge in [-0.2, -0.15) is 0 Å². The lowest BCUT2D eigenvalue weighted by Crippen LogP contribution is -2.02. The van der Waals surface area contributed by atoms with Crippen molar-refractivity contribution in [3.8, 4) is 0 Å². The van der Waals surface area contributed by atoms with E-state index in [0.717, 1.165) is 12.8 Å². The summed E-state index contributed by atoms with van der Waals surface area (Å²) in [5, 5.41) is 0. The predicted octanol–water partition coefficient (Wildman–Crippen LogP) is 5.52. The SMILES string of the molecule is CCCCCCCCCCCCOP(=O)(O)C(C)C. The maximum absolute atomic E-state index is 11.5. The summed E-state index contributed by atoms with van der Waals surface area (Å²) in [6, 6.07) is 0. The van der Waals surface area contributed by atoms with Crippen LogP contribution in [0.1, 0.15) is 85.0 Å². The molecule has 0 radical (unpaired) electrons. The molecule has 19 heavy (non-hydrogen) atoms. The van der Waals surface area contributed by atoms with Crippen LogP contribution in [-0.4, -0.2) is 17.2 Å². The van der Waals surface area contributed by atoms with Crippen LogP contribution in [0.5, 0.6) is 0 Å². The van der Waals surface area contributed by atoms with Gasteiger partial charge in [0.2, 0.25) is 0 Å². The van der Waals surface area contributed by atoms with E-state index in [1.807, 2.05) is 0 Å². The molecule has 0 fully saturated rings. The molecule has 0 heterocycles. The molecular weight excluding hydrogens is 259 g/mol. The molecule has 0 aliphatic rings. The van der Waals surface area contributed by atoms with Gasteiger partial charge in [0, 0.05) is 0 Å². The van der Waals surface area contributed by atoms with Crippen LogP contribution in [-0.2, 0) is 9.09 Å². The molecule has 0 aromatic carbocycles. The standard InChI is InChI=1S/C15H33O3P/c1-4-5-6-7-8-9-10-11-12-13-14-18-19(16,17)15(2)3/h15H,4-14H2,1-3H3,(H,16,17). The van der Waals surface area contributed by atoms with Gasteiger partial charge in [0.05, 0.1) is 12.3 Å². The van der Waals surface area contributed by atoms with Crippen molar-refractivity contribution in [2.45, 2.75) is 90.6 Å². The van der Waals surface area contributed by atoms with Crippen LogP contribution in [0, 0.1) is 0 Å². The van der Waals surface area contributed by atoms with Crippen LogP contribution < -0.4 is 0 Å². The Labute approximate surface area is 119 Å². The van der Waals surface area contributed by atoms with Crippen molar-refractivity contribution < 1.29 is 14.0 Å². The summed E-state index contributed by atoms with van der Waals surface area (Å²) in [6.45, 7) is 6.10. The molecule has 0 saturated carbocycles. The van der Waals surface area contributed by atoms with Crippen LogP contribution in [0.15, 0.2) is 0 Å². The Bertz CT molecular complexity index is 242. The molecule has 0 aromatic heterocycles. The van der Waals surface area contributed by atoms with E-state index in [9.17, 15) is 9.46 Å². The molecule has 0 saturated heterocycles. The first-order valence-electron chi connectivity index (χ1n) is 7.97. The van der Waals surface area contributed by atoms with Crippen LogP contribution in [0.3, 0.4) is 0 Å². The van der Waals surface area contributed by atoms with E-state index in [4.69, 9.17) is 4.52 Å². The van der Waals surface area contributed by atoms with E-state index < -0.39 is 7.60 Å². The highest BCUT2D eigenvalue weighted by Crippen LogP contribution is 2.46. The quantitative estimate of drug-likeness (QED) is 0.359. The number of unbranched alkanes of at least 4 members (excludes halogenated alkanes) is 9. The molecule has 0 spiro atoms. The zero-order valence-corrected chi connectivity index (χ0v) is 14.0. The highest BCUT2D eigenvalue weighted by molar-refractivity contribution is 7.53. The van der Waals surface area contributed by atoms with E-state index in [0.29, 0.717) is 6.61 Å². The van der Waals surface area contributed by atoms with Crippen molar-refractivity contribution in [1.29, 1.82) is 0 Å². The van der Waals surface area contributed by atoms with E-state index in [2.05, 4.69) is 6.92 Å². The van der Waals surface area contributed by atoms with Crippen molar-refractivity contribution in [2.24, 2.45) is 0 Å². The Hall–Kier alpha value is 0.150. The van der Waals surface area contributed by atoms with Gasteiger partial charge in [-0.3, -0.25) is 4.57 Å². The van der Waals surface area contributed by atoms with Gasteiger partial charge in [-0.25, -0.2) is 0 Å². The van der Waals surface area contributed by atoms with E-state index in [1.165, 1.54) is 51.4 Å². The maximum atomic E-state index is 11.5. The molecule has 1 N–H and O–H groups in total. The zero-order valence-electron chi connectivity index (χ0n) is 13.1. The lowest BCUT2D eigenvalue weighted by molar-refractivity contribution is 0.247. The van der Waals surface area contributed by atoms with Crippen molar-refractivity contribution in [1.82, 2.24) is 0 Å². The normalized spacial score (nSPS) is 14.8. The summed E-state index contributed by atoms with van der Waals surface area (Å²) in [6.07, 6.45) is 12.6. The molecule has 1 unspecified atom stereocenters. The zero-order chi connectivity index (χ0) is 14.6. The summed E-state index contributed by atoms with van der Waals surface area (Å²) in [5.41, 5.74) is -0.296. The molecule has 0 aliphatic heterocycles. The van der Waals surface area contributed by atoms with E-state index in [-0.39, 0.29) is 5.66 Å². The van der Waals surface area contributed by atoms with Gasteiger partial charge in [0.1, 0.15) is 0 Å². The summed E-state index contributed by atoms with van der Waals surface area (Å²) >= 11 is 0. The Morgan fingerprint density at radius 1 is 0.895 bits per heavy atom. The lowest BCUT2D eigenvalue weighted by Gasteiger charge is -2.15. The Balaban J connectivity index is 3.21. The molecule has 0 aromatic rings. The van der Waals surface area contributed by atoms with Crippen molar-refractivity contribution in [3.05, 3.63) is 0 Å². The van der Waals surface area contributed by atoms with Crippen molar-refractivity contribution in [3.63, 3.8) is 0 Å². The van der Waals surface area contributed by atoms with Crippen molar-refractivity contribution in [2.75, 3.05) is 6.61 Å².